The van der Waals surface area contributed by atoms with Crippen molar-refractivity contribution in [1.29, 1.82) is 0 Å². The van der Waals surface area contributed by atoms with Crippen molar-refractivity contribution in [2.75, 3.05) is 31.1 Å². The number of aromatic nitrogens is 1. The number of rotatable bonds is 1. The van der Waals surface area contributed by atoms with E-state index in [2.05, 4.69) is 48.3 Å². The van der Waals surface area contributed by atoms with Crippen molar-refractivity contribution in [3.8, 4) is 0 Å². The molecule has 3 heteroatoms. The Morgan fingerprint density at radius 2 is 1.94 bits per heavy atom. The fourth-order valence-corrected chi connectivity index (χ4v) is 2.54. The van der Waals surface area contributed by atoms with Gasteiger partial charge in [0.2, 0.25) is 0 Å². The average molecular weight is 241 g/mol. The zero-order valence-electron chi connectivity index (χ0n) is 11.0. The minimum Gasteiger partial charge on any atom is -0.367 e. The van der Waals surface area contributed by atoms with Gasteiger partial charge in [0.1, 0.15) is 0 Å². The van der Waals surface area contributed by atoms with Crippen LogP contribution in [0.25, 0.3) is 10.9 Å². The third-order valence-electron chi connectivity index (χ3n) is 3.73. The topological polar surface area (TPSA) is 28.2 Å². The summed E-state index contributed by atoms with van der Waals surface area (Å²) in [4.78, 5) is 7.22. The van der Waals surface area contributed by atoms with Crippen LogP contribution in [0.5, 0.6) is 0 Å². The summed E-state index contributed by atoms with van der Waals surface area (Å²) < 4.78 is 0. The molecular weight excluding hydrogens is 222 g/mol. The van der Waals surface area contributed by atoms with Crippen molar-refractivity contribution in [3.63, 3.8) is 0 Å². The molecule has 94 valence electrons. The van der Waals surface area contributed by atoms with Gasteiger partial charge in [0.25, 0.3) is 0 Å². The van der Waals surface area contributed by atoms with Gasteiger partial charge >= 0.3 is 0 Å². The Hall–Kier alpha value is -1.61. The summed E-state index contributed by atoms with van der Waals surface area (Å²) in [5.74, 6) is 0. The third kappa shape index (κ3) is 1.95. The van der Waals surface area contributed by atoms with E-state index in [4.69, 9.17) is 4.98 Å². The minimum absolute atomic E-state index is 1.06. The highest BCUT2D eigenvalue weighted by atomic mass is 15.2. The summed E-state index contributed by atoms with van der Waals surface area (Å²) in [6, 6.07) is 8.72. The maximum absolute atomic E-state index is 4.79. The Bertz CT molecular complexity index is 571. The van der Waals surface area contributed by atoms with Gasteiger partial charge < -0.3 is 10.2 Å². The molecule has 0 saturated carbocycles. The van der Waals surface area contributed by atoms with E-state index in [1.165, 1.54) is 16.6 Å². The van der Waals surface area contributed by atoms with Crippen molar-refractivity contribution < 1.29 is 0 Å². The molecule has 18 heavy (non-hydrogen) atoms. The van der Waals surface area contributed by atoms with Gasteiger partial charge in [0.15, 0.2) is 0 Å². The highest BCUT2D eigenvalue weighted by Gasteiger charge is 2.14. The van der Waals surface area contributed by atoms with Crippen LogP contribution in [-0.2, 0) is 0 Å². The zero-order chi connectivity index (χ0) is 12.5. The maximum atomic E-state index is 4.79. The van der Waals surface area contributed by atoms with E-state index in [1.54, 1.807) is 0 Å². The van der Waals surface area contributed by atoms with Crippen LogP contribution in [-0.4, -0.2) is 31.2 Å². The van der Waals surface area contributed by atoms with Gasteiger partial charge in [-0.05, 0) is 31.5 Å². The molecule has 0 bridgehead atoms. The molecule has 3 rings (SSSR count). The highest BCUT2D eigenvalue weighted by molar-refractivity contribution is 5.91. The number of nitrogens with zero attached hydrogens (tertiary/aromatic N) is 2. The second-order valence-electron chi connectivity index (χ2n) is 4.98. The molecule has 1 aliphatic rings. The molecule has 1 N–H and O–H groups in total. The molecule has 2 heterocycles. The fourth-order valence-electron chi connectivity index (χ4n) is 2.54. The van der Waals surface area contributed by atoms with Crippen molar-refractivity contribution in [1.82, 2.24) is 10.3 Å². The van der Waals surface area contributed by atoms with Crippen LogP contribution >= 0.6 is 0 Å². The summed E-state index contributed by atoms with van der Waals surface area (Å²) in [6.07, 6.45) is 0. The van der Waals surface area contributed by atoms with Crippen molar-refractivity contribution in [2.24, 2.45) is 0 Å². The Balaban J connectivity index is 2.13. The Morgan fingerprint density at radius 3 is 2.72 bits per heavy atom. The number of nitrogens with one attached hydrogen (secondary N) is 1. The van der Waals surface area contributed by atoms with E-state index in [0.717, 1.165) is 37.4 Å². The van der Waals surface area contributed by atoms with Crippen molar-refractivity contribution in [3.05, 3.63) is 35.5 Å². The van der Waals surface area contributed by atoms with E-state index in [0.29, 0.717) is 0 Å². The lowest BCUT2D eigenvalue weighted by atomic mass is 10.1. The molecule has 1 aliphatic heterocycles. The Labute approximate surface area is 108 Å². The number of benzene rings is 1. The number of hydrogen-bond acceptors (Lipinski definition) is 3. The number of fused-ring (bicyclic) bond motifs is 1. The maximum Gasteiger partial charge on any atom is 0.0938 e. The van der Waals surface area contributed by atoms with Gasteiger partial charge in [-0.2, -0.15) is 0 Å². The summed E-state index contributed by atoms with van der Waals surface area (Å²) in [7, 11) is 0. The first-order chi connectivity index (χ1) is 8.75. The SMILES string of the molecule is Cc1cc2cccc(N3CCNCC3)c2nc1C. The molecule has 0 unspecified atom stereocenters. The lowest BCUT2D eigenvalue weighted by Gasteiger charge is -2.30. The van der Waals surface area contributed by atoms with Crippen LogP contribution in [0.15, 0.2) is 24.3 Å². The van der Waals surface area contributed by atoms with Gasteiger partial charge in [0.05, 0.1) is 11.2 Å². The first kappa shape index (κ1) is 11.5. The van der Waals surface area contributed by atoms with Crippen LogP contribution in [0.2, 0.25) is 0 Å². The highest BCUT2D eigenvalue weighted by Crippen LogP contribution is 2.26. The number of pyridine rings is 1. The smallest absolute Gasteiger partial charge is 0.0938 e. The van der Waals surface area contributed by atoms with Crippen LogP contribution in [0.4, 0.5) is 5.69 Å². The number of hydrogen-bond donors (Lipinski definition) is 1. The Morgan fingerprint density at radius 1 is 1.17 bits per heavy atom. The van der Waals surface area contributed by atoms with Gasteiger partial charge in [-0.3, -0.25) is 4.98 Å². The number of anilines is 1. The summed E-state index contributed by atoms with van der Waals surface area (Å²) in [5.41, 5.74) is 4.81. The largest absolute Gasteiger partial charge is 0.367 e. The fraction of sp³-hybridized carbons (Fsp3) is 0.400. The second-order valence-corrected chi connectivity index (χ2v) is 4.98. The quantitative estimate of drug-likeness (QED) is 0.830. The molecule has 1 aromatic carbocycles. The van der Waals surface area contributed by atoms with E-state index in [9.17, 15) is 0 Å². The van der Waals surface area contributed by atoms with Gasteiger partial charge in [-0.25, -0.2) is 0 Å². The van der Waals surface area contributed by atoms with E-state index in [-0.39, 0.29) is 0 Å². The molecule has 0 amide bonds. The van der Waals surface area contributed by atoms with Crippen LogP contribution in [0, 0.1) is 13.8 Å². The molecule has 0 atom stereocenters. The van der Waals surface area contributed by atoms with E-state index >= 15 is 0 Å². The summed E-state index contributed by atoms with van der Waals surface area (Å²) in [6.45, 7) is 8.45. The standard InChI is InChI=1S/C15H19N3/c1-11-10-13-4-3-5-14(15(13)17-12(11)2)18-8-6-16-7-9-18/h3-5,10,16H,6-9H2,1-2H3. The lowest BCUT2D eigenvalue weighted by Crippen LogP contribution is -2.43. The molecule has 1 saturated heterocycles. The van der Waals surface area contributed by atoms with E-state index in [1.807, 2.05) is 0 Å². The molecule has 0 spiro atoms. The van der Waals surface area contributed by atoms with Crippen molar-refractivity contribution >= 4 is 16.6 Å². The number of piperazine rings is 1. The third-order valence-corrected chi connectivity index (χ3v) is 3.73. The Kier molecular flexibility index (Phi) is 2.92. The summed E-state index contributed by atoms with van der Waals surface area (Å²) in [5, 5.41) is 4.64. The predicted molar refractivity (Wildman–Crippen MR) is 76.3 cm³/mol. The van der Waals surface area contributed by atoms with Crippen molar-refractivity contribution in [2.45, 2.75) is 13.8 Å². The van der Waals surface area contributed by atoms with Crippen LogP contribution < -0.4 is 10.2 Å². The zero-order valence-corrected chi connectivity index (χ0v) is 11.0. The van der Waals surface area contributed by atoms with Gasteiger partial charge in [-0.1, -0.05) is 12.1 Å². The second kappa shape index (κ2) is 4.58. The van der Waals surface area contributed by atoms with E-state index < -0.39 is 0 Å². The molecule has 0 radical (unpaired) electrons. The van der Waals surface area contributed by atoms with Gasteiger partial charge in [-0.15, -0.1) is 0 Å². The first-order valence-electron chi connectivity index (χ1n) is 6.58. The molecule has 3 nitrogen and oxygen atoms in total. The molecule has 1 fully saturated rings. The minimum atomic E-state index is 1.06. The lowest BCUT2D eigenvalue weighted by molar-refractivity contribution is 0.590. The first-order valence-corrected chi connectivity index (χ1v) is 6.58. The van der Waals surface area contributed by atoms with Crippen LogP contribution in [0.3, 0.4) is 0 Å². The molecular formula is C15H19N3. The normalized spacial score (nSPS) is 16.2. The molecule has 0 aliphatic carbocycles. The van der Waals surface area contributed by atoms with Crippen LogP contribution in [0.1, 0.15) is 11.3 Å². The molecule has 1 aromatic heterocycles. The number of para-hydroxylation sites is 1. The molecule has 2 aromatic rings. The number of aryl methyl sites for hydroxylation is 2. The van der Waals surface area contributed by atoms with Gasteiger partial charge in [0, 0.05) is 37.3 Å². The predicted octanol–water partition coefficient (Wildman–Crippen LogP) is 2.26. The summed E-state index contributed by atoms with van der Waals surface area (Å²) >= 11 is 0. The average Bonchev–Trinajstić information content (AvgIpc) is 2.40. The monoisotopic (exact) mass is 241 g/mol.